The summed E-state index contributed by atoms with van der Waals surface area (Å²) >= 11 is 0. The fourth-order valence-corrected chi connectivity index (χ4v) is 3.30. The first-order chi connectivity index (χ1) is 11.1. The van der Waals surface area contributed by atoms with Gasteiger partial charge in [0, 0.05) is 25.2 Å². The number of carbonyl (C=O) groups is 1. The number of aromatic nitrogens is 1. The van der Waals surface area contributed by atoms with Gasteiger partial charge in [0.15, 0.2) is 0 Å². The number of hydrogen-bond donors (Lipinski definition) is 2. The van der Waals surface area contributed by atoms with Crippen molar-refractivity contribution in [1.29, 1.82) is 0 Å². The number of rotatable bonds is 4. The third-order valence-corrected chi connectivity index (χ3v) is 4.55. The largest absolute Gasteiger partial charge is 0.356 e. The minimum absolute atomic E-state index is 0.0340. The molecule has 23 heavy (non-hydrogen) atoms. The van der Waals surface area contributed by atoms with Crippen molar-refractivity contribution >= 4 is 16.8 Å². The summed E-state index contributed by atoms with van der Waals surface area (Å²) in [5.74, 6) is 0.162. The molecule has 1 aromatic heterocycles. The Morgan fingerprint density at radius 1 is 1.43 bits per heavy atom. The zero-order chi connectivity index (χ0) is 16.4. The molecule has 1 saturated heterocycles. The molecule has 0 bridgehead atoms. The number of aromatic amines is 1. The van der Waals surface area contributed by atoms with E-state index in [0.717, 1.165) is 41.5 Å². The summed E-state index contributed by atoms with van der Waals surface area (Å²) < 4.78 is 0. The molecule has 0 aliphatic carbocycles. The Morgan fingerprint density at radius 2 is 2.26 bits per heavy atom. The fourth-order valence-electron chi connectivity index (χ4n) is 3.30. The Labute approximate surface area is 135 Å². The van der Waals surface area contributed by atoms with Gasteiger partial charge in [-0.3, -0.25) is 14.5 Å². The van der Waals surface area contributed by atoms with Gasteiger partial charge in [-0.2, -0.15) is 0 Å². The number of hydrogen-bond acceptors (Lipinski definition) is 3. The molecular weight excluding hydrogens is 290 g/mol. The zero-order valence-corrected chi connectivity index (χ0v) is 13.7. The van der Waals surface area contributed by atoms with E-state index >= 15 is 0 Å². The minimum Gasteiger partial charge on any atom is -0.356 e. The predicted molar refractivity (Wildman–Crippen MR) is 91.4 cm³/mol. The highest BCUT2D eigenvalue weighted by Crippen LogP contribution is 2.20. The fraction of sp³-hybridized carbons (Fsp3) is 0.444. The van der Waals surface area contributed by atoms with Crippen molar-refractivity contribution in [3.63, 3.8) is 0 Å². The van der Waals surface area contributed by atoms with Crippen LogP contribution in [0.2, 0.25) is 0 Å². The summed E-state index contributed by atoms with van der Waals surface area (Å²) in [4.78, 5) is 29.4. The van der Waals surface area contributed by atoms with Crippen molar-refractivity contribution < 1.29 is 4.79 Å². The average Bonchev–Trinajstić information content (AvgIpc) is 2.98. The summed E-state index contributed by atoms with van der Waals surface area (Å²) in [7, 11) is 0. The van der Waals surface area contributed by atoms with Crippen LogP contribution in [0.15, 0.2) is 29.1 Å². The van der Waals surface area contributed by atoms with Crippen LogP contribution in [0.1, 0.15) is 24.5 Å². The second-order valence-electron chi connectivity index (χ2n) is 6.28. The quantitative estimate of drug-likeness (QED) is 0.904. The molecule has 1 aromatic carbocycles. The van der Waals surface area contributed by atoms with E-state index in [-0.39, 0.29) is 17.4 Å². The maximum atomic E-state index is 12.3. The van der Waals surface area contributed by atoms with Crippen LogP contribution in [0.3, 0.4) is 0 Å². The minimum atomic E-state index is -0.0340. The van der Waals surface area contributed by atoms with Crippen LogP contribution in [0.5, 0.6) is 0 Å². The third kappa shape index (κ3) is 3.29. The highest BCUT2D eigenvalue weighted by molar-refractivity contribution is 5.82. The molecule has 5 heteroatoms. The van der Waals surface area contributed by atoms with Gasteiger partial charge in [0.1, 0.15) is 0 Å². The van der Waals surface area contributed by atoms with E-state index in [2.05, 4.69) is 15.2 Å². The maximum absolute atomic E-state index is 12.3. The van der Waals surface area contributed by atoms with E-state index in [1.165, 1.54) is 0 Å². The van der Waals surface area contributed by atoms with Crippen LogP contribution in [0, 0.1) is 12.8 Å². The summed E-state index contributed by atoms with van der Waals surface area (Å²) in [5, 5.41) is 3.93. The monoisotopic (exact) mass is 313 g/mol. The summed E-state index contributed by atoms with van der Waals surface area (Å²) in [6.07, 6.45) is 0.858. The van der Waals surface area contributed by atoms with Gasteiger partial charge in [-0.25, -0.2) is 0 Å². The second kappa shape index (κ2) is 6.54. The first-order valence-electron chi connectivity index (χ1n) is 8.20. The summed E-state index contributed by atoms with van der Waals surface area (Å²) in [6.45, 7) is 6.76. The molecular formula is C18H23N3O2. The molecule has 1 amide bonds. The number of carbonyl (C=O) groups excluding carboxylic acids is 1. The smallest absolute Gasteiger partial charge is 0.252 e. The first-order valence-corrected chi connectivity index (χ1v) is 8.20. The molecule has 0 unspecified atom stereocenters. The number of nitrogens with zero attached hydrogens (tertiary/aromatic N) is 1. The van der Waals surface area contributed by atoms with Crippen LogP contribution in [0.25, 0.3) is 10.9 Å². The van der Waals surface area contributed by atoms with Crippen molar-refractivity contribution in [1.82, 2.24) is 15.2 Å². The highest BCUT2D eigenvalue weighted by atomic mass is 16.2. The second-order valence-corrected chi connectivity index (χ2v) is 6.28. The Hall–Kier alpha value is -2.14. The molecule has 1 fully saturated rings. The van der Waals surface area contributed by atoms with Crippen LogP contribution in [0.4, 0.5) is 0 Å². The lowest BCUT2D eigenvalue weighted by molar-refractivity contribution is -0.124. The van der Waals surface area contributed by atoms with E-state index in [0.29, 0.717) is 13.1 Å². The average molecular weight is 313 g/mol. The van der Waals surface area contributed by atoms with Gasteiger partial charge >= 0.3 is 0 Å². The predicted octanol–water partition coefficient (Wildman–Crippen LogP) is 1.79. The number of pyridine rings is 1. The van der Waals surface area contributed by atoms with Gasteiger partial charge in [-0.1, -0.05) is 18.2 Å². The lowest BCUT2D eigenvalue weighted by Crippen LogP contribution is -2.33. The third-order valence-electron chi connectivity index (χ3n) is 4.55. The van der Waals surface area contributed by atoms with Crippen molar-refractivity contribution in [3.8, 4) is 0 Å². The number of para-hydroxylation sites is 1. The summed E-state index contributed by atoms with van der Waals surface area (Å²) in [5.41, 5.74) is 2.71. The standard InChI is InChI=1S/C18H23N3O2/c1-3-19-17(22)14-7-8-21(10-14)11-15-9-13-6-4-5-12(2)16(13)20-18(15)23/h4-6,9,14H,3,7-8,10-11H2,1-2H3,(H,19,22)(H,20,23)/t14-/m0/s1. The SMILES string of the molecule is CCNC(=O)[C@H]1CCN(Cc2cc3cccc(C)c3[nH]c2=O)C1. The molecule has 5 nitrogen and oxygen atoms in total. The van der Waals surface area contributed by atoms with E-state index < -0.39 is 0 Å². The van der Waals surface area contributed by atoms with Gasteiger partial charge in [-0.15, -0.1) is 0 Å². The van der Waals surface area contributed by atoms with Crippen molar-refractivity contribution in [3.05, 3.63) is 45.7 Å². The molecule has 2 aromatic rings. The number of H-pyrrole nitrogens is 1. The van der Waals surface area contributed by atoms with Gasteiger partial charge in [0.2, 0.25) is 5.91 Å². The number of likely N-dealkylation sites (tertiary alicyclic amines) is 1. The Bertz CT molecular complexity index is 781. The number of nitrogens with one attached hydrogen (secondary N) is 2. The topological polar surface area (TPSA) is 65.2 Å². The van der Waals surface area contributed by atoms with E-state index in [1.807, 2.05) is 38.1 Å². The van der Waals surface area contributed by atoms with Crippen LogP contribution in [-0.2, 0) is 11.3 Å². The first kappa shape index (κ1) is 15.7. The van der Waals surface area contributed by atoms with Crippen LogP contribution in [-0.4, -0.2) is 35.4 Å². The van der Waals surface area contributed by atoms with Crippen molar-refractivity contribution in [2.45, 2.75) is 26.8 Å². The normalized spacial score (nSPS) is 18.4. The Kier molecular flexibility index (Phi) is 4.48. The van der Waals surface area contributed by atoms with Crippen molar-refractivity contribution in [2.24, 2.45) is 5.92 Å². The molecule has 0 saturated carbocycles. The molecule has 3 rings (SSSR count). The molecule has 1 aliphatic heterocycles. The Balaban J connectivity index is 1.76. The van der Waals surface area contributed by atoms with Crippen LogP contribution < -0.4 is 10.9 Å². The lowest BCUT2D eigenvalue weighted by Gasteiger charge is -2.16. The van der Waals surface area contributed by atoms with Crippen molar-refractivity contribution in [2.75, 3.05) is 19.6 Å². The number of aryl methyl sites for hydroxylation is 1. The van der Waals surface area contributed by atoms with Gasteiger partial charge in [0.25, 0.3) is 5.56 Å². The van der Waals surface area contributed by atoms with Gasteiger partial charge < -0.3 is 10.3 Å². The molecule has 0 spiro atoms. The van der Waals surface area contributed by atoms with Gasteiger partial charge in [-0.05, 0) is 43.8 Å². The molecule has 1 aliphatic rings. The zero-order valence-electron chi connectivity index (χ0n) is 13.7. The number of benzene rings is 1. The maximum Gasteiger partial charge on any atom is 0.252 e. The van der Waals surface area contributed by atoms with Crippen LogP contribution >= 0.6 is 0 Å². The number of fused-ring (bicyclic) bond motifs is 1. The van der Waals surface area contributed by atoms with E-state index in [1.54, 1.807) is 0 Å². The highest BCUT2D eigenvalue weighted by Gasteiger charge is 2.28. The molecule has 2 N–H and O–H groups in total. The number of amides is 1. The van der Waals surface area contributed by atoms with E-state index in [9.17, 15) is 9.59 Å². The summed E-state index contributed by atoms with van der Waals surface area (Å²) in [6, 6.07) is 7.99. The Morgan fingerprint density at radius 3 is 3.04 bits per heavy atom. The lowest BCUT2D eigenvalue weighted by atomic mass is 10.1. The van der Waals surface area contributed by atoms with Gasteiger partial charge in [0.05, 0.1) is 11.4 Å². The molecule has 2 heterocycles. The molecule has 1 atom stereocenters. The molecule has 0 radical (unpaired) electrons. The molecule has 122 valence electrons. The van der Waals surface area contributed by atoms with E-state index in [4.69, 9.17) is 0 Å².